The molecule has 0 atom stereocenters. The molecule has 1 saturated carbocycles. The van der Waals surface area contributed by atoms with Gasteiger partial charge < -0.3 is 4.74 Å². The van der Waals surface area contributed by atoms with Gasteiger partial charge in [-0.3, -0.25) is 4.90 Å². The van der Waals surface area contributed by atoms with Crippen LogP contribution < -0.4 is 4.90 Å². The van der Waals surface area contributed by atoms with Crippen LogP contribution in [-0.4, -0.2) is 27.9 Å². The van der Waals surface area contributed by atoms with Gasteiger partial charge in [0, 0.05) is 6.04 Å². The van der Waals surface area contributed by atoms with Gasteiger partial charge in [0.2, 0.25) is 0 Å². The number of carbonyl (C=O) groups is 1. The highest BCUT2D eigenvalue weighted by Crippen LogP contribution is 2.32. The first-order valence-corrected chi connectivity index (χ1v) is 5.76. The Morgan fingerprint density at radius 1 is 1.41 bits per heavy atom. The fourth-order valence-electron chi connectivity index (χ4n) is 1.54. The normalized spacial score (nSPS) is 15.5. The lowest BCUT2D eigenvalue weighted by atomic mass is 10.2. The molecule has 5 nitrogen and oxygen atoms in total. The predicted octanol–water partition coefficient (Wildman–Crippen LogP) is 2.38. The maximum Gasteiger partial charge on any atom is 0.415 e. The van der Waals surface area contributed by atoms with Gasteiger partial charge in [0.1, 0.15) is 5.60 Å². The lowest BCUT2D eigenvalue weighted by Gasteiger charge is -2.27. The zero-order valence-electron chi connectivity index (χ0n) is 10.4. The summed E-state index contributed by atoms with van der Waals surface area (Å²) in [6.07, 6.45) is 4.88. The predicted molar refractivity (Wildman–Crippen MR) is 63.8 cm³/mol. The van der Waals surface area contributed by atoms with Crippen molar-refractivity contribution in [2.24, 2.45) is 0 Å². The van der Waals surface area contributed by atoms with E-state index in [-0.39, 0.29) is 12.1 Å². The maximum absolute atomic E-state index is 12.1. The van der Waals surface area contributed by atoms with Gasteiger partial charge in [0.25, 0.3) is 0 Å². The first-order chi connectivity index (χ1) is 7.97. The molecule has 2 rings (SSSR count). The molecule has 1 fully saturated rings. The van der Waals surface area contributed by atoms with E-state index in [1.54, 1.807) is 23.4 Å². The van der Waals surface area contributed by atoms with Crippen molar-refractivity contribution in [1.82, 2.24) is 10.2 Å². The molecule has 1 aliphatic rings. The average molecular weight is 235 g/mol. The van der Waals surface area contributed by atoms with Crippen molar-refractivity contribution in [3.63, 3.8) is 0 Å². The van der Waals surface area contributed by atoms with Crippen LogP contribution in [0, 0.1) is 0 Å². The Labute approximate surface area is 101 Å². The first-order valence-electron chi connectivity index (χ1n) is 5.76. The number of hydrogen-bond acceptors (Lipinski definition) is 4. The Balaban J connectivity index is 2.16. The van der Waals surface area contributed by atoms with E-state index in [1.165, 1.54) is 0 Å². The molecule has 1 amide bonds. The summed E-state index contributed by atoms with van der Waals surface area (Å²) in [5.41, 5.74) is 0.266. The monoisotopic (exact) mass is 235 g/mol. The van der Waals surface area contributed by atoms with E-state index >= 15 is 0 Å². The van der Waals surface area contributed by atoms with E-state index in [2.05, 4.69) is 10.2 Å². The zero-order chi connectivity index (χ0) is 12.5. The zero-order valence-corrected chi connectivity index (χ0v) is 10.4. The fourth-order valence-corrected chi connectivity index (χ4v) is 1.54. The lowest BCUT2D eigenvalue weighted by molar-refractivity contribution is 0.0577. The standard InChI is InChI=1S/C12H17N3O2/c1-12(2,3)17-11(16)15(9-4-5-9)10-6-7-13-14-8-10/h6-9H,4-5H2,1-3H3. The SMILES string of the molecule is CC(C)(C)OC(=O)N(c1ccnnc1)C1CC1. The van der Waals surface area contributed by atoms with E-state index in [4.69, 9.17) is 4.74 Å². The third kappa shape index (κ3) is 3.15. The summed E-state index contributed by atoms with van der Waals surface area (Å²) < 4.78 is 5.39. The molecule has 0 radical (unpaired) electrons. The summed E-state index contributed by atoms with van der Waals surface area (Å²) in [5, 5.41) is 7.51. The molecule has 1 aromatic heterocycles. The summed E-state index contributed by atoms with van der Waals surface area (Å²) in [5.74, 6) is 0. The number of aromatic nitrogens is 2. The molecule has 0 aliphatic heterocycles. The van der Waals surface area contributed by atoms with Crippen molar-refractivity contribution < 1.29 is 9.53 Å². The van der Waals surface area contributed by atoms with Crippen molar-refractivity contribution in [1.29, 1.82) is 0 Å². The van der Waals surface area contributed by atoms with Gasteiger partial charge in [-0.2, -0.15) is 10.2 Å². The Morgan fingerprint density at radius 2 is 2.12 bits per heavy atom. The van der Waals surface area contributed by atoms with Crippen LogP contribution in [0.1, 0.15) is 33.6 Å². The second-order valence-electron chi connectivity index (χ2n) is 5.18. The van der Waals surface area contributed by atoms with Gasteiger partial charge in [0.15, 0.2) is 0 Å². The summed E-state index contributed by atoms with van der Waals surface area (Å²) in [7, 11) is 0. The quantitative estimate of drug-likeness (QED) is 0.789. The van der Waals surface area contributed by atoms with Gasteiger partial charge in [-0.15, -0.1) is 0 Å². The molecule has 1 aromatic rings. The number of amides is 1. The van der Waals surface area contributed by atoms with Crippen LogP contribution in [0.2, 0.25) is 0 Å². The number of hydrogen-bond donors (Lipinski definition) is 0. The molecule has 0 unspecified atom stereocenters. The van der Waals surface area contributed by atoms with Gasteiger partial charge in [-0.1, -0.05) is 0 Å². The average Bonchev–Trinajstić information content (AvgIpc) is 3.01. The van der Waals surface area contributed by atoms with Gasteiger partial charge in [-0.25, -0.2) is 4.79 Å². The second-order valence-corrected chi connectivity index (χ2v) is 5.18. The minimum Gasteiger partial charge on any atom is -0.443 e. The molecule has 1 aliphatic carbocycles. The Bertz CT molecular complexity index is 396. The summed E-state index contributed by atoms with van der Waals surface area (Å²) in [6.45, 7) is 5.59. The number of nitrogens with zero attached hydrogens (tertiary/aromatic N) is 3. The molecule has 5 heteroatoms. The number of ether oxygens (including phenoxy) is 1. The van der Waals surface area contributed by atoms with Crippen LogP contribution in [0.5, 0.6) is 0 Å². The van der Waals surface area contributed by atoms with Gasteiger partial charge in [0.05, 0.1) is 18.1 Å². The molecule has 1 heterocycles. The van der Waals surface area contributed by atoms with E-state index in [0.717, 1.165) is 18.5 Å². The third-order valence-corrected chi connectivity index (χ3v) is 2.35. The molecule has 0 bridgehead atoms. The van der Waals surface area contributed by atoms with Crippen LogP contribution in [0.3, 0.4) is 0 Å². The highest BCUT2D eigenvalue weighted by molar-refractivity contribution is 5.88. The van der Waals surface area contributed by atoms with Crippen molar-refractivity contribution in [2.45, 2.75) is 45.3 Å². The molecule has 0 saturated heterocycles. The van der Waals surface area contributed by atoms with E-state index < -0.39 is 5.60 Å². The Kier molecular flexibility index (Phi) is 3.00. The number of anilines is 1. The molecule has 0 aromatic carbocycles. The minimum atomic E-state index is -0.481. The second kappa shape index (κ2) is 4.31. The molecule has 0 spiro atoms. The lowest BCUT2D eigenvalue weighted by Crippen LogP contribution is -2.38. The van der Waals surface area contributed by atoms with Crippen molar-refractivity contribution in [3.8, 4) is 0 Å². The van der Waals surface area contributed by atoms with Crippen LogP contribution >= 0.6 is 0 Å². The van der Waals surface area contributed by atoms with E-state index in [0.29, 0.717) is 0 Å². The Hall–Kier alpha value is -1.65. The maximum atomic E-state index is 12.1. The van der Waals surface area contributed by atoms with E-state index in [9.17, 15) is 4.79 Å². The van der Waals surface area contributed by atoms with E-state index in [1.807, 2.05) is 20.8 Å². The van der Waals surface area contributed by atoms with Crippen molar-refractivity contribution >= 4 is 11.8 Å². The first kappa shape index (κ1) is 11.8. The highest BCUT2D eigenvalue weighted by Gasteiger charge is 2.36. The fraction of sp³-hybridized carbons (Fsp3) is 0.583. The molecule has 0 N–H and O–H groups in total. The van der Waals surface area contributed by atoms with Crippen molar-refractivity contribution in [3.05, 3.63) is 18.5 Å². The Morgan fingerprint density at radius 3 is 2.59 bits per heavy atom. The molecule has 92 valence electrons. The van der Waals surface area contributed by atoms with Gasteiger partial charge >= 0.3 is 6.09 Å². The largest absolute Gasteiger partial charge is 0.443 e. The highest BCUT2D eigenvalue weighted by atomic mass is 16.6. The number of carbonyl (C=O) groups excluding carboxylic acids is 1. The smallest absolute Gasteiger partial charge is 0.415 e. The summed E-state index contributed by atoms with van der Waals surface area (Å²) in [4.78, 5) is 13.8. The summed E-state index contributed by atoms with van der Waals surface area (Å²) >= 11 is 0. The van der Waals surface area contributed by atoms with Crippen LogP contribution in [-0.2, 0) is 4.74 Å². The molecular weight excluding hydrogens is 218 g/mol. The van der Waals surface area contributed by atoms with Crippen molar-refractivity contribution in [2.75, 3.05) is 4.90 Å². The van der Waals surface area contributed by atoms with Gasteiger partial charge in [-0.05, 0) is 39.7 Å². The topological polar surface area (TPSA) is 55.3 Å². The summed E-state index contributed by atoms with van der Waals surface area (Å²) in [6, 6.07) is 2.02. The van der Waals surface area contributed by atoms with Crippen LogP contribution in [0.15, 0.2) is 18.5 Å². The van der Waals surface area contributed by atoms with Crippen LogP contribution in [0.25, 0.3) is 0 Å². The molecular formula is C12H17N3O2. The minimum absolute atomic E-state index is 0.244. The number of rotatable bonds is 2. The molecule has 17 heavy (non-hydrogen) atoms. The van der Waals surface area contributed by atoms with Crippen LogP contribution in [0.4, 0.5) is 10.5 Å². The third-order valence-electron chi connectivity index (χ3n) is 2.35.